The first-order chi connectivity index (χ1) is 11.0. The Labute approximate surface area is 132 Å². The maximum Gasteiger partial charge on any atom is 0.330 e. The van der Waals surface area contributed by atoms with E-state index in [4.69, 9.17) is 10.5 Å². The van der Waals surface area contributed by atoms with Crippen LogP contribution in [0.1, 0.15) is 18.4 Å². The molecular weight excluding hydrogens is 302 g/mol. The number of hydrogen-bond donors (Lipinski definition) is 1. The lowest BCUT2D eigenvalue weighted by Gasteiger charge is -2.21. The zero-order valence-electron chi connectivity index (χ0n) is 12.4. The van der Waals surface area contributed by atoms with Crippen molar-refractivity contribution in [2.45, 2.75) is 18.9 Å². The molecule has 1 saturated heterocycles. The normalized spacial score (nSPS) is 17.4. The number of likely N-dealkylation sites (tertiary alicyclic amines) is 1. The summed E-state index contributed by atoms with van der Waals surface area (Å²) in [5, 5.41) is 10.7. The number of rotatable bonds is 5. The highest BCUT2D eigenvalue weighted by Crippen LogP contribution is 2.17. The number of esters is 1. The molecule has 1 aromatic rings. The second kappa shape index (κ2) is 7.39. The molecule has 1 fully saturated rings. The van der Waals surface area contributed by atoms with Gasteiger partial charge in [-0.25, -0.2) is 9.59 Å². The molecule has 1 aliphatic rings. The Morgan fingerprint density at radius 2 is 2.26 bits per heavy atom. The number of nitrogens with two attached hydrogens (primary N) is 1. The van der Waals surface area contributed by atoms with Crippen molar-refractivity contribution in [1.82, 2.24) is 4.90 Å². The smallest absolute Gasteiger partial charge is 0.330 e. The predicted molar refractivity (Wildman–Crippen MR) is 82.4 cm³/mol. The molecule has 2 amide bonds. The molecule has 0 aromatic heterocycles. The van der Waals surface area contributed by atoms with Gasteiger partial charge in [-0.15, -0.1) is 0 Å². The molecule has 8 heteroatoms. The molecule has 1 heterocycles. The number of nitro groups is 1. The highest BCUT2D eigenvalue weighted by molar-refractivity contribution is 5.87. The molecule has 1 atom stereocenters. The summed E-state index contributed by atoms with van der Waals surface area (Å²) in [6, 6.07) is 5.19. The zero-order valence-corrected chi connectivity index (χ0v) is 12.4. The van der Waals surface area contributed by atoms with E-state index >= 15 is 0 Å². The number of carbonyl (C=O) groups is 2. The van der Waals surface area contributed by atoms with Crippen LogP contribution in [0.5, 0.6) is 0 Å². The van der Waals surface area contributed by atoms with Gasteiger partial charge in [-0.2, -0.15) is 0 Å². The number of primary amides is 1. The lowest BCUT2D eigenvalue weighted by molar-refractivity contribution is -0.384. The standard InChI is InChI=1S/C15H17N3O5/c16-15(20)17-8-2-5-13(17)10-23-14(19)7-6-11-3-1-4-12(9-11)18(21)22/h1,3-4,6-7,9,13H,2,5,8,10H2,(H2,16,20). The minimum Gasteiger partial charge on any atom is -0.460 e. The molecule has 1 aromatic carbocycles. The van der Waals surface area contributed by atoms with Gasteiger partial charge in [0.15, 0.2) is 0 Å². The van der Waals surface area contributed by atoms with Crippen molar-refractivity contribution in [2.75, 3.05) is 13.2 Å². The number of nitro benzene ring substituents is 1. The number of ether oxygens (including phenoxy) is 1. The van der Waals surface area contributed by atoms with E-state index in [9.17, 15) is 19.7 Å². The summed E-state index contributed by atoms with van der Waals surface area (Å²) in [5.74, 6) is -0.576. The van der Waals surface area contributed by atoms with Gasteiger partial charge in [-0.1, -0.05) is 12.1 Å². The van der Waals surface area contributed by atoms with Crippen LogP contribution in [0.3, 0.4) is 0 Å². The molecule has 1 unspecified atom stereocenters. The van der Waals surface area contributed by atoms with Crippen molar-refractivity contribution >= 4 is 23.8 Å². The molecule has 122 valence electrons. The van der Waals surface area contributed by atoms with Gasteiger partial charge in [0.2, 0.25) is 0 Å². The van der Waals surface area contributed by atoms with E-state index in [1.807, 2.05) is 0 Å². The SMILES string of the molecule is NC(=O)N1CCCC1COC(=O)C=Cc1cccc([N+](=O)[O-])c1. The summed E-state index contributed by atoms with van der Waals surface area (Å²) in [4.78, 5) is 34.5. The molecule has 0 saturated carbocycles. The van der Waals surface area contributed by atoms with Crippen molar-refractivity contribution in [2.24, 2.45) is 5.73 Å². The van der Waals surface area contributed by atoms with Gasteiger partial charge in [-0.3, -0.25) is 10.1 Å². The fraction of sp³-hybridized carbons (Fsp3) is 0.333. The molecule has 1 aliphatic heterocycles. The van der Waals surface area contributed by atoms with Gasteiger partial charge in [0.05, 0.1) is 11.0 Å². The number of benzene rings is 1. The van der Waals surface area contributed by atoms with E-state index in [0.29, 0.717) is 12.1 Å². The number of hydrogen-bond acceptors (Lipinski definition) is 5. The molecule has 0 radical (unpaired) electrons. The van der Waals surface area contributed by atoms with Crippen LogP contribution in [0, 0.1) is 10.1 Å². The maximum absolute atomic E-state index is 11.7. The van der Waals surface area contributed by atoms with E-state index in [1.54, 1.807) is 6.07 Å². The molecule has 8 nitrogen and oxygen atoms in total. The van der Waals surface area contributed by atoms with Gasteiger partial charge >= 0.3 is 12.0 Å². The Hall–Kier alpha value is -2.90. The number of non-ortho nitro benzene ring substituents is 1. The van der Waals surface area contributed by atoms with Crippen molar-refractivity contribution < 1.29 is 19.2 Å². The molecular formula is C15H17N3O5. The molecule has 23 heavy (non-hydrogen) atoms. The van der Waals surface area contributed by atoms with E-state index in [1.165, 1.54) is 35.3 Å². The minimum absolute atomic E-state index is 0.0522. The average Bonchev–Trinajstić information content (AvgIpc) is 3.00. The largest absolute Gasteiger partial charge is 0.460 e. The molecule has 0 bridgehead atoms. The second-order valence-electron chi connectivity index (χ2n) is 5.14. The quantitative estimate of drug-likeness (QED) is 0.384. The third-order valence-electron chi connectivity index (χ3n) is 3.57. The van der Waals surface area contributed by atoms with Crippen molar-refractivity contribution in [3.63, 3.8) is 0 Å². The first-order valence-electron chi connectivity index (χ1n) is 7.13. The molecule has 0 spiro atoms. The van der Waals surface area contributed by atoms with Crippen molar-refractivity contribution in [3.8, 4) is 0 Å². The van der Waals surface area contributed by atoms with Crippen LogP contribution in [-0.2, 0) is 9.53 Å². The Morgan fingerprint density at radius 3 is 2.96 bits per heavy atom. The van der Waals surface area contributed by atoms with E-state index in [0.717, 1.165) is 12.8 Å². The number of carbonyl (C=O) groups excluding carboxylic acids is 2. The Kier molecular flexibility index (Phi) is 5.29. The highest BCUT2D eigenvalue weighted by Gasteiger charge is 2.27. The van der Waals surface area contributed by atoms with Crippen LogP contribution < -0.4 is 5.73 Å². The number of urea groups is 1. The Morgan fingerprint density at radius 1 is 1.48 bits per heavy atom. The van der Waals surface area contributed by atoms with Gasteiger partial charge in [0.1, 0.15) is 6.61 Å². The molecule has 2 rings (SSSR count). The lowest BCUT2D eigenvalue weighted by atomic mass is 10.2. The minimum atomic E-state index is -0.576. The fourth-order valence-electron chi connectivity index (χ4n) is 2.43. The van der Waals surface area contributed by atoms with Crippen LogP contribution in [0.4, 0.5) is 10.5 Å². The highest BCUT2D eigenvalue weighted by atomic mass is 16.6. The monoisotopic (exact) mass is 319 g/mol. The van der Waals surface area contributed by atoms with Crippen molar-refractivity contribution in [3.05, 3.63) is 46.0 Å². The van der Waals surface area contributed by atoms with E-state index in [2.05, 4.69) is 0 Å². The molecule has 0 aliphatic carbocycles. The summed E-state index contributed by atoms with van der Waals surface area (Å²) in [6.45, 7) is 0.655. The Bertz CT molecular complexity index is 644. The summed E-state index contributed by atoms with van der Waals surface area (Å²) in [5.41, 5.74) is 5.72. The summed E-state index contributed by atoms with van der Waals surface area (Å²) in [7, 11) is 0. The lowest BCUT2D eigenvalue weighted by Crippen LogP contribution is -2.41. The van der Waals surface area contributed by atoms with Crippen LogP contribution >= 0.6 is 0 Å². The maximum atomic E-state index is 11.7. The van der Waals surface area contributed by atoms with Crippen LogP contribution in [0.15, 0.2) is 30.3 Å². The van der Waals surface area contributed by atoms with E-state index < -0.39 is 16.9 Å². The summed E-state index contributed by atoms with van der Waals surface area (Å²) >= 11 is 0. The van der Waals surface area contributed by atoms with Gasteiger partial charge in [-0.05, 0) is 24.5 Å². The number of nitrogens with zero attached hydrogens (tertiary/aromatic N) is 2. The average molecular weight is 319 g/mol. The topological polar surface area (TPSA) is 116 Å². The summed E-state index contributed by atoms with van der Waals surface area (Å²) in [6.07, 6.45) is 4.21. The zero-order chi connectivity index (χ0) is 16.8. The third-order valence-corrected chi connectivity index (χ3v) is 3.57. The van der Waals surface area contributed by atoms with Crippen LogP contribution in [-0.4, -0.2) is 41.0 Å². The first kappa shape index (κ1) is 16.5. The van der Waals surface area contributed by atoms with Crippen LogP contribution in [0.25, 0.3) is 6.08 Å². The van der Waals surface area contributed by atoms with E-state index in [-0.39, 0.29) is 18.3 Å². The van der Waals surface area contributed by atoms with Crippen molar-refractivity contribution in [1.29, 1.82) is 0 Å². The fourth-order valence-corrected chi connectivity index (χ4v) is 2.43. The van der Waals surface area contributed by atoms with Gasteiger partial charge in [0.25, 0.3) is 5.69 Å². The number of amides is 2. The predicted octanol–water partition coefficient (Wildman–Crippen LogP) is 1.69. The van der Waals surface area contributed by atoms with Gasteiger partial charge in [0, 0.05) is 24.8 Å². The van der Waals surface area contributed by atoms with Crippen LogP contribution in [0.2, 0.25) is 0 Å². The third kappa shape index (κ3) is 4.53. The van der Waals surface area contributed by atoms with Gasteiger partial charge < -0.3 is 15.4 Å². The Balaban J connectivity index is 1.88. The molecule has 2 N–H and O–H groups in total. The second-order valence-corrected chi connectivity index (χ2v) is 5.14. The summed E-state index contributed by atoms with van der Waals surface area (Å²) < 4.78 is 5.10. The first-order valence-corrected chi connectivity index (χ1v) is 7.13.